The Morgan fingerprint density at radius 2 is 2.00 bits per heavy atom. The van der Waals surface area contributed by atoms with Crippen molar-refractivity contribution in [3.05, 3.63) is 70.5 Å². The van der Waals surface area contributed by atoms with Crippen LogP contribution < -0.4 is 5.32 Å². The lowest BCUT2D eigenvalue weighted by molar-refractivity contribution is -0.147. The van der Waals surface area contributed by atoms with Crippen molar-refractivity contribution < 1.29 is 14.3 Å². The summed E-state index contributed by atoms with van der Waals surface area (Å²) in [4.78, 5) is 32.2. The van der Waals surface area contributed by atoms with E-state index in [1.165, 1.54) is 11.3 Å². The minimum absolute atomic E-state index is 0.0226. The summed E-state index contributed by atoms with van der Waals surface area (Å²) < 4.78 is 5.03. The lowest BCUT2D eigenvalue weighted by atomic mass is 10.1. The Bertz CT molecular complexity index is 929. The van der Waals surface area contributed by atoms with Gasteiger partial charge in [0.15, 0.2) is 6.61 Å². The molecule has 1 amide bonds. The Balaban J connectivity index is 1.37. The molecule has 144 valence electrons. The number of carbonyl (C=O) groups is 2. The van der Waals surface area contributed by atoms with E-state index in [-0.39, 0.29) is 18.9 Å². The van der Waals surface area contributed by atoms with Crippen LogP contribution in [0.4, 0.5) is 0 Å². The minimum Gasteiger partial charge on any atom is -0.455 e. The van der Waals surface area contributed by atoms with Crippen molar-refractivity contribution in [2.24, 2.45) is 0 Å². The molecule has 3 aromatic rings. The molecule has 0 unspecified atom stereocenters. The van der Waals surface area contributed by atoms with E-state index in [0.717, 1.165) is 16.1 Å². The lowest BCUT2D eigenvalue weighted by Crippen LogP contribution is -2.30. The van der Waals surface area contributed by atoms with Gasteiger partial charge in [0.25, 0.3) is 5.91 Å². The van der Waals surface area contributed by atoms with Gasteiger partial charge in [0.2, 0.25) is 0 Å². The maximum atomic E-state index is 11.9. The summed E-state index contributed by atoms with van der Waals surface area (Å²) in [6.45, 7) is 0.150. The molecule has 0 aliphatic carbocycles. The number of ether oxygens (including phenoxy) is 1. The minimum atomic E-state index is -0.490. The summed E-state index contributed by atoms with van der Waals surface area (Å²) in [7, 11) is 0. The SMILES string of the molecule is O=C(COC(=O)Cc1csc(-c2cccnc2)n1)NCCc1ccc(Cl)cc1. The van der Waals surface area contributed by atoms with E-state index >= 15 is 0 Å². The van der Waals surface area contributed by atoms with Gasteiger partial charge in [-0.1, -0.05) is 23.7 Å². The summed E-state index contributed by atoms with van der Waals surface area (Å²) in [6.07, 6.45) is 4.10. The number of nitrogens with zero attached hydrogens (tertiary/aromatic N) is 2. The van der Waals surface area contributed by atoms with Gasteiger partial charge in [-0.15, -0.1) is 11.3 Å². The Morgan fingerprint density at radius 1 is 1.18 bits per heavy atom. The zero-order chi connectivity index (χ0) is 19.8. The number of pyridine rings is 1. The van der Waals surface area contributed by atoms with Gasteiger partial charge in [-0.2, -0.15) is 0 Å². The number of hydrogen-bond acceptors (Lipinski definition) is 6. The molecular weight excluding hydrogens is 398 g/mol. The van der Waals surface area contributed by atoms with Crippen LogP contribution in [-0.4, -0.2) is 35.0 Å². The molecule has 0 fully saturated rings. The molecule has 0 saturated carbocycles. The molecule has 3 rings (SSSR count). The molecule has 0 aliphatic rings. The number of benzene rings is 1. The number of amides is 1. The molecule has 0 atom stereocenters. The van der Waals surface area contributed by atoms with Crippen molar-refractivity contribution in [2.75, 3.05) is 13.2 Å². The Hall–Kier alpha value is -2.77. The molecule has 0 aliphatic heterocycles. The number of carbonyl (C=O) groups excluding carboxylic acids is 2. The highest BCUT2D eigenvalue weighted by atomic mass is 35.5. The van der Waals surface area contributed by atoms with Gasteiger partial charge in [0.05, 0.1) is 12.1 Å². The fourth-order valence-electron chi connectivity index (χ4n) is 2.40. The largest absolute Gasteiger partial charge is 0.455 e. The molecule has 1 aromatic carbocycles. The van der Waals surface area contributed by atoms with Crippen LogP contribution in [0.1, 0.15) is 11.3 Å². The van der Waals surface area contributed by atoms with E-state index in [4.69, 9.17) is 16.3 Å². The molecule has 6 nitrogen and oxygen atoms in total. The maximum absolute atomic E-state index is 11.9. The standard InChI is InChI=1S/C20H18ClN3O3S/c21-16-5-3-14(4-6-16)7-9-23-18(25)12-27-19(26)10-17-13-28-20(24-17)15-2-1-8-22-11-15/h1-6,8,11,13H,7,9-10,12H2,(H,23,25). The predicted octanol–water partition coefficient (Wildman–Crippen LogP) is 3.30. The number of rotatable bonds is 8. The van der Waals surface area contributed by atoms with E-state index in [9.17, 15) is 9.59 Å². The molecule has 0 saturated heterocycles. The van der Waals surface area contributed by atoms with Gasteiger partial charge >= 0.3 is 5.97 Å². The van der Waals surface area contributed by atoms with E-state index in [2.05, 4.69) is 15.3 Å². The van der Waals surface area contributed by atoms with E-state index in [0.29, 0.717) is 23.7 Å². The number of halogens is 1. The zero-order valence-corrected chi connectivity index (χ0v) is 16.5. The summed E-state index contributed by atoms with van der Waals surface area (Å²) in [5, 5.41) is 5.98. The predicted molar refractivity (Wildman–Crippen MR) is 108 cm³/mol. The molecule has 2 aromatic heterocycles. The first kappa shape index (κ1) is 20.0. The summed E-state index contributed by atoms with van der Waals surface area (Å²) in [5.74, 6) is -0.826. The van der Waals surface area contributed by atoms with Gasteiger partial charge in [0.1, 0.15) is 5.01 Å². The fourth-order valence-corrected chi connectivity index (χ4v) is 3.34. The quantitative estimate of drug-likeness (QED) is 0.571. The summed E-state index contributed by atoms with van der Waals surface area (Å²) in [5.41, 5.74) is 2.57. The molecule has 28 heavy (non-hydrogen) atoms. The third-order valence-corrected chi connectivity index (χ3v) is 4.99. The lowest BCUT2D eigenvalue weighted by Gasteiger charge is -2.06. The van der Waals surface area contributed by atoms with Crippen molar-refractivity contribution >= 4 is 34.8 Å². The van der Waals surface area contributed by atoms with Crippen molar-refractivity contribution in [3.8, 4) is 10.6 Å². The molecule has 1 N–H and O–H groups in total. The maximum Gasteiger partial charge on any atom is 0.312 e. The van der Waals surface area contributed by atoms with E-state index < -0.39 is 5.97 Å². The number of esters is 1. The molecular formula is C20H18ClN3O3S. The van der Waals surface area contributed by atoms with Crippen LogP contribution in [0.3, 0.4) is 0 Å². The van der Waals surface area contributed by atoms with Crippen LogP contribution in [0.25, 0.3) is 10.6 Å². The first-order chi connectivity index (χ1) is 13.6. The highest BCUT2D eigenvalue weighted by Crippen LogP contribution is 2.22. The number of thiazole rings is 1. The van der Waals surface area contributed by atoms with E-state index in [1.54, 1.807) is 29.9 Å². The third kappa shape index (κ3) is 6.14. The monoisotopic (exact) mass is 415 g/mol. The second kappa shape index (κ2) is 9.96. The Kier molecular flexibility index (Phi) is 7.11. The summed E-state index contributed by atoms with van der Waals surface area (Å²) >= 11 is 7.27. The van der Waals surface area contributed by atoms with Crippen LogP contribution in [0.2, 0.25) is 5.02 Å². The summed E-state index contributed by atoms with van der Waals surface area (Å²) in [6, 6.07) is 11.2. The van der Waals surface area contributed by atoms with Gasteiger partial charge in [-0.05, 0) is 36.2 Å². The van der Waals surface area contributed by atoms with Crippen molar-refractivity contribution in [1.82, 2.24) is 15.3 Å². The van der Waals surface area contributed by atoms with Gasteiger partial charge < -0.3 is 10.1 Å². The normalized spacial score (nSPS) is 10.5. The average molecular weight is 416 g/mol. The van der Waals surface area contributed by atoms with Crippen molar-refractivity contribution in [2.45, 2.75) is 12.8 Å². The molecule has 8 heteroatoms. The average Bonchev–Trinajstić information content (AvgIpc) is 3.17. The van der Waals surface area contributed by atoms with Gasteiger partial charge in [-0.25, -0.2) is 4.98 Å². The Labute approximate surface area is 171 Å². The Morgan fingerprint density at radius 3 is 2.75 bits per heavy atom. The highest BCUT2D eigenvalue weighted by Gasteiger charge is 2.12. The smallest absolute Gasteiger partial charge is 0.312 e. The van der Waals surface area contributed by atoms with Gasteiger partial charge in [0, 0.05) is 34.9 Å². The van der Waals surface area contributed by atoms with Crippen LogP contribution in [0.5, 0.6) is 0 Å². The van der Waals surface area contributed by atoms with E-state index in [1.807, 2.05) is 24.3 Å². The van der Waals surface area contributed by atoms with Crippen LogP contribution in [0.15, 0.2) is 54.2 Å². The van der Waals surface area contributed by atoms with Crippen LogP contribution in [0, 0.1) is 0 Å². The third-order valence-electron chi connectivity index (χ3n) is 3.80. The van der Waals surface area contributed by atoms with Crippen molar-refractivity contribution in [1.29, 1.82) is 0 Å². The first-order valence-electron chi connectivity index (χ1n) is 8.62. The zero-order valence-electron chi connectivity index (χ0n) is 14.9. The van der Waals surface area contributed by atoms with Crippen LogP contribution >= 0.6 is 22.9 Å². The van der Waals surface area contributed by atoms with Crippen LogP contribution in [-0.2, 0) is 27.2 Å². The topological polar surface area (TPSA) is 81.2 Å². The number of hydrogen-bond donors (Lipinski definition) is 1. The fraction of sp³-hybridized carbons (Fsp3) is 0.200. The highest BCUT2D eigenvalue weighted by molar-refractivity contribution is 7.13. The molecule has 2 heterocycles. The number of aromatic nitrogens is 2. The number of nitrogens with one attached hydrogen (secondary N) is 1. The first-order valence-corrected chi connectivity index (χ1v) is 9.87. The van der Waals surface area contributed by atoms with Crippen molar-refractivity contribution in [3.63, 3.8) is 0 Å². The molecule has 0 bridgehead atoms. The second-order valence-corrected chi connectivity index (χ2v) is 7.24. The second-order valence-electron chi connectivity index (χ2n) is 5.95. The molecule has 0 spiro atoms. The molecule has 0 radical (unpaired) electrons. The van der Waals surface area contributed by atoms with Gasteiger partial charge in [-0.3, -0.25) is 14.6 Å².